The van der Waals surface area contributed by atoms with Gasteiger partial charge in [0.15, 0.2) is 11.9 Å². The van der Waals surface area contributed by atoms with Gasteiger partial charge in [-0.3, -0.25) is 9.59 Å². The molecule has 1 aliphatic heterocycles. The number of cyclic esters (lactones) is 1. The molecular formula is C24H24O8. The zero-order valence-electron chi connectivity index (χ0n) is 17.8. The Bertz CT molecular complexity index is 968. The largest absolute Gasteiger partial charge is 0.485 e. The van der Waals surface area contributed by atoms with Crippen LogP contribution in [0, 0.1) is 0 Å². The Kier molecular flexibility index (Phi) is 7.85. The number of hydrogen-bond donors (Lipinski definition) is 0. The fourth-order valence-electron chi connectivity index (χ4n) is 3.04. The van der Waals surface area contributed by atoms with Gasteiger partial charge in [0.1, 0.15) is 19.8 Å². The van der Waals surface area contributed by atoms with Crippen molar-refractivity contribution in [1.29, 1.82) is 0 Å². The van der Waals surface area contributed by atoms with Crippen molar-refractivity contribution >= 4 is 17.9 Å². The smallest absolute Gasteiger partial charge is 0.378 e. The molecule has 2 aromatic carbocycles. The summed E-state index contributed by atoms with van der Waals surface area (Å²) in [5, 5.41) is 0. The van der Waals surface area contributed by atoms with Crippen LogP contribution in [0.5, 0.6) is 0 Å². The maximum atomic E-state index is 12.6. The van der Waals surface area contributed by atoms with E-state index < -0.39 is 30.1 Å². The van der Waals surface area contributed by atoms with Gasteiger partial charge in [-0.2, -0.15) is 0 Å². The summed E-state index contributed by atoms with van der Waals surface area (Å²) < 4.78 is 27.4. The van der Waals surface area contributed by atoms with Crippen molar-refractivity contribution in [3.63, 3.8) is 0 Å². The van der Waals surface area contributed by atoms with Crippen LogP contribution in [0.15, 0.2) is 72.2 Å². The Morgan fingerprint density at radius 2 is 1.44 bits per heavy atom. The molecule has 8 nitrogen and oxygen atoms in total. The SMILES string of the molecule is CC(=O)OC[C@H](OC(C)=O)[C@H]1OC(=O)C(OCc2ccccc2)=C1OCc1ccccc1. The second-order valence-electron chi connectivity index (χ2n) is 7.02. The molecule has 0 aliphatic carbocycles. The molecule has 8 heteroatoms. The van der Waals surface area contributed by atoms with Gasteiger partial charge in [0.25, 0.3) is 0 Å². The van der Waals surface area contributed by atoms with E-state index >= 15 is 0 Å². The van der Waals surface area contributed by atoms with Crippen LogP contribution in [0.3, 0.4) is 0 Å². The Labute approximate surface area is 185 Å². The maximum absolute atomic E-state index is 12.6. The molecule has 0 fully saturated rings. The van der Waals surface area contributed by atoms with E-state index in [9.17, 15) is 14.4 Å². The summed E-state index contributed by atoms with van der Waals surface area (Å²) >= 11 is 0. The number of carbonyl (C=O) groups excluding carboxylic acids is 3. The highest BCUT2D eigenvalue weighted by atomic mass is 16.6. The predicted octanol–water partition coefficient (Wildman–Crippen LogP) is 3.05. The summed E-state index contributed by atoms with van der Waals surface area (Å²) in [6.07, 6.45) is -2.22. The van der Waals surface area contributed by atoms with E-state index in [4.69, 9.17) is 23.7 Å². The Morgan fingerprint density at radius 3 is 1.97 bits per heavy atom. The van der Waals surface area contributed by atoms with Crippen LogP contribution in [0.1, 0.15) is 25.0 Å². The number of hydrogen-bond acceptors (Lipinski definition) is 8. The van der Waals surface area contributed by atoms with Crippen molar-refractivity contribution in [3.8, 4) is 0 Å². The van der Waals surface area contributed by atoms with Crippen LogP contribution in [-0.2, 0) is 51.3 Å². The average molecular weight is 440 g/mol. The lowest BCUT2D eigenvalue weighted by molar-refractivity contribution is -0.169. The second-order valence-corrected chi connectivity index (χ2v) is 7.02. The van der Waals surface area contributed by atoms with Crippen molar-refractivity contribution < 1.29 is 38.1 Å². The second kappa shape index (κ2) is 11.0. The molecule has 0 amide bonds. The van der Waals surface area contributed by atoms with E-state index in [1.807, 2.05) is 60.7 Å². The van der Waals surface area contributed by atoms with E-state index in [1.54, 1.807) is 0 Å². The van der Waals surface area contributed by atoms with E-state index in [1.165, 1.54) is 13.8 Å². The molecule has 0 saturated carbocycles. The molecule has 0 N–H and O–H groups in total. The number of rotatable bonds is 10. The number of carbonyl (C=O) groups is 3. The van der Waals surface area contributed by atoms with Crippen LogP contribution >= 0.6 is 0 Å². The molecule has 0 saturated heterocycles. The van der Waals surface area contributed by atoms with Gasteiger partial charge in [0.05, 0.1) is 0 Å². The van der Waals surface area contributed by atoms with Crippen molar-refractivity contribution in [1.82, 2.24) is 0 Å². The molecule has 0 spiro atoms. The van der Waals surface area contributed by atoms with Crippen molar-refractivity contribution in [3.05, 3.63) is 83.3 Å². The zero-order chi connectivity index (χ0) is 22.9. The van der Waals surface area contributed by atoms with Gasteiger partial charge < -0.3 is 23.7 Å². The van der Waals surface area contributed by atoms with Crippen molar-refractivity contribution in [2.45, 2.75) is 39.3 Å². The molecule has 168 valence electrons. The van der Waals surface area contributed by atoms with Crippen LogP contribution in [-0.4, -0.2) is 36.7 Å². The fraction of sp³-hybridized carbons (Fsp3) is 0.292. The lowest BCUT2D eigenvalue weighted by Gasteiger charge is -2.23. The molecule has 32 heavy (non-hydrogen) atoms. The van der Waals surface area contributed by atoms with E-state index in [0.29, 0.717) is 0 Å². The normalized spacial score (nSPS) is 16.2. The molecule has 0 unspecified atom stereocenters. The van der Waals surface area contributed by atoms with Crippen LogP contribution in [0.25, 0.3) is 0 Å². The summed E-state index contributed by atoms with van der Waals surface area (Å²) in [5.41, 5.74) is 1.69. The van der Waals surface area contributed by atoms with Crippen molar-refractivity contribution in [2.75, 3.05) is 6.61 Å². The first kappa shape index (κ1) is 22.9. The number of ether oxygens (including phenoxy) is 5. The molecule has 0 radical (unpaired) electrons. The Balaban J connectivity index is 1.86. The molecule has 2 aromatic rings. The topological polar surface area (TPSA) is 97.4 Å². The maximum Gasteiger partial charge on any atom is 0.378 e. The summed E-state index contributed by atoms with van der Waals surface area (Å²) in [6, 6.07) is 18.6. The third-order valence-electron chi connectivity index (χ3n) is 4.47. The van der Waals surface area contributed by atoms with E-state index in [2.05, 4.69) is 0 Å². The quantitative estimate of drug-likeness (QED) is 0.411. The first-order chi connectivity index (χ1) is 15.4. The third kappa shape index (κ3) is 6.34. The molecule has 1 heterocycles. The Morgan fingerprint density at radius 1 is 0.875 bits per heavy atom. The minimum Gasteiger partial charge on any atom is -0.485 e. The van der Waals surface area contributed by atoms with Gasteiger partial charge in [0, 0.05) is 13.8 Å². The first-order valence-corrected chi connectivity index (χ1v) is 10.0. The number of benzene rings is 2. The molecule has 2 atom stereocenters. The van der Waals surface area contributed by atoms with Gasteiger partial charge >= 0.3 is 17.9 Å². The van der Waals surface area contributed by atoms with Gasteiger partial charge in [0.2, 0.25) is 11.9 Å². The lowest BCUT2D eigenvalue weighted by Crippen LogP contribution is -2.37. The van der Waals surface area contributed by atoms with Gasteiger partial charge in [-0.1, -0.05) is 60.7 Å². The average Bonchev–Trinajstić information content (AvgIpc) is 3.10. The van der Waals surface area contributed by atoms with E-state index in [-0.39, 0.29) is 31.3 Å². The van der Waals surface area contributed by atoms with Crippen molar-refractivity contribution in [2.24, 2.45) is 0 Å². The summed E-state index contributed by atoms with van der Waals surface area (Å²) in [6.45, 7) is 2.36. The van der Waals surface area contributed by atoms with Crippen LogP contribution < -0.4 is 0 Å². The summed E-state index contributed by atoms with van der Waals surface area (Å²) in [4.78, 5) is 35.5. The molecule has 0 bridgehead atoms. The minimum absolute atomic E-state index is 0.0770. The van der Waals surface area contributed by atoms with Gasteiger partial charge in [-0.15, -0.1) is 0 Å². The van der Waals surface area contributed by atoms with Gasteiger partial charge in [-0.25, -0.2) is 4.79 Å². The Hall–Kier alpha value is -3.81. The highest BCUT2D eigenvalue weighted by Crippen LogP contribution is 2.30. The van der Waals surface area contributed by atoms with Gasteiger partial charge in [-0.05, 0) is 11.1 Å². The zero-order valence-corrected chi connectivity index (χ0v) is 17.8. The molecule has 3 rings (SSSR count). The summed E-state index contributed by atoms with van der Waals surface area (Å²) in [5.74, 6) is -1.99. The molecule has 1 aliphatic rings. The first-order valence-electron chi connectivity index (χ1n) is 10.0. The van der Waals surface area contributed by atoms with Crippen LogP contribution in [0.4, 0.5) is 0 Å². The standard InChI is InChI=1S/C24H24O8/c1-16(25)28-15-20(31-17(2)26)21-22(29-13-18-9-5-3-6-10-18)23(24(27)32-21)30-14-19-11-7-4-8-12-19/h3-12,20-21H,13-15H2,1-2H3/t20-,21+/m0/s1. The fourth-order valence-corrected chi connectivity index (χ4v) is 3.04. The number of esters is 3. The van der Waals surface area contributed by atoms with E-state index in [0.717, 1.165) is 11.1 Å². The third-order valence-corrected chi connectivity index (χ3v) is 4.47. The van der Waals surface area contributed by atoms with Crippen LogP contribution in [0.2, 0.25) is 0 Å². The minimum atomic E-state index is -1.12. The molecular weight excluding hydrogens is 416 g/mol. The highest BCUT2D eigenvalue weighted by Gasteiger charge is 2.44. The summed E-state index contributed by atoms with van der Waals surface area (Å²) in [7, 11) is 0. The monoisotopic (exact) mass is 440 g/mol. The highest BCUT2D eigenvalue weighted by molar-refractivity contribution is 5.89. The lowest BCUT2D eigenvalue weighted by atomic mass is 10.1. The predicted molar refractivity (Wildman–Crippen MR) is 112 cm³/mol. The molecule has 0 aromatic heterocycles.